The maximum Gasteiger partial charge on any atom is 0.238 e. The summed E-state index contributed by atoms with van der Waals surface area (Å²) in [4.78, 5) is 13.5. The summed E-state index contributed by atoms with van der Waals surface area (Å²) in [5.41, 5.74) is 3.16. The number of benzene rings is 1. The van der Waals surface area contributed by atoms with Crippen LogP contribution in [0, 0.1) is 11.7 Å². The molecule has 100 valence electrons. The minimum absolute atomic E-state index is 0.0404. The lowest BCUT2D eigenvalue weighted by atomic mass is 10.0. The molecule has 1 aromatic carbocycles. The van der Waals surface area contributed by atoms with Gasteiger partial charge in [-0.2, -0.15) is 0 Å². The fourth-order valence-electron chi connectivity index (χ4n) is 1.75. The second-order valence-corrected chi connectivity index (χ2v) is 4.58. The van der Waals surface area contributed by atoms with Crippen LogP contribution >= 0.6 is 0 Å². The standard InChI is InChI=1S/C13H20FN3O/c1-9(13(18)16-15)10(2)17(3)8-11-4-6-12(14)7-5-11/h4-7,9-10H,8,15H2,1-3H3,(H,16,18). The molecule has 1 rings (SSSR count). The molecule has 1 aromatic rings. The van der Waals surface area contributed by atoms with Gasteiger partial charge in [-0.3, -0.25) is 15.1 Å². The number of nitrogens with two attached hydrogens (primary N) is 1. The van der Waals surface area contributed by atoms with Crippen molar-refractivity contribution in [2.24, 2.45) is 11.8 Å². The molecule has 18 heavy (non-hydrogen) atoms. The molecule has 2 unspecified atom stereocenters. The molecule has 1 amide bonds. The molecule has 0 aliphatic carbocycles. The second-order valence-electron chi connectivity index (χ2n) is 4.58. The number of nitrogens with zero attached hydrogens (tertiary/aromatic N) is 1. The van der Waals surface area contributed by atoms with Crippen LogP contribution in [0.4, 0.5) is 4.39 Å². The molecule has 0 heterocycles. The Kier molecular flexibility index (Phi) is 5.25. The zero-order chi connectivity index (χ0) is 13.7. The summed E-state index contributed by atoms with van der Waals surface area (Å²) in [7, 11) is 1.92. The average Bonchev–Trinajstić information content (AvgIpc) is 2.38. The van der Waals surface area contributed by atoms with Crippen molar-refractivity contribution in [1.29, 1.82) is 0 Å². The Morgan fingerprint density at radius 2 is 1.94 bits per heavy atom. The van der Waals surface area contributed by atoms with Crippen molar-refractivity contribution >= 4 is 5.91 Å². The van der Waals surface area contributed by atoms with Crippen LogP contribution < -0.4 is 11.3 Å². The summed E-state index contributed by atoms with van der Waals surface area (Å²) in [5.74, 6) is 4.48. The summed E-state index contributed by atoms with van der Waals surface area (Å²) >= 11 is 0. The van der Waals surface area contributed by atoms with Crippen molar-refractivity contribution in [2.75, 3.05) is 7.05 Å². The third kappa shape index (κ3) is 3.78. The second kappa shape index (κ2) is 6.47. The fraction of sp³-hybridized carbons (Fsp3) is 0.462. The number of carbonyl (C=O) groups excluding carboxylic acids is 1. The van der Waals surface area contributed by atoms with Gasteiger partial charge in [-0.25, -0.2) is 10.2 Å². The number of amides is 1. The first-order valence-corrected chi connectivity index (χ1v) is 5.91. The molecule has 2 atom stereocenters. The third-order valence-electron chi connectivity index (χ3n) is 3.32. The van der Waals surface area contributed by atoms with E-state index in [4.69, 9.17) is 5.84 Å². The number of hydrazine groups is 1. The minimum Gasteiger partial charge on any atom is -0.299 e. The van der Waals surface area contributed by atoms with Crippen molar-refractivity contribution in [1.82, 2.24) is 10.3 Å². The van der Waals surface area contributed by atoms with Crippen LogP contribution in [0.2, 0.25) is 0 Å². The Labute approximate surface area is 107 Å². The van der Waals surface area contributed by atoms with E-state index >= 15 is 0 Å². The van der Waals surface area contributed by atoms with Crippen LogP contribution in [0.3, 0.4) is 0 Å². The molecule has 0 radical (unpaired) electrons. The lowest BCUT2D eigenvalue weighted by molar-refractivity contribution is -0.126. The smallest absolute Gasteiger partial charge is 0.238 e. The highest BCUT2D eigenvalue weighted by Crippen LogP contribution is 2.13. The molecule has 0 saturated heterocycles. The molecule has 0 aromatic heterocycles. The number of nitrogens with one attached hydrogen (secondary N) is 1. The molecule has 5 heteroatoms. The number of hydrogen-bond acceptors (Lipinski definition) is 3. The predicted molar refractivity (Wildman–Crippen MR) is 68.8 cm³/mol. The van der Waals surface area contributed by atoms with Crippen LogP contribution in [-0.2, 0) is 11.3 Å². The summed E-state index contributed by atoms with van der Waals surface area (Å²) in [6, 6.07) is 6.39. The molecule has 0 spiro atoms. The highest BCUT2D eigenvalue weighted by molar-refractivity contribution is 5.78. The van der Waals surface area contributed by atoms with Crippen LogP contribution in [0.25, 0.3) is 0 Å². The number of rotatable bonds is 5. The maximum atomic E-state index is 12.8. The maximum absolute atomic E-state index is 12.8. The zero-order valence-corrected chi connectivity index (χ0v) is 11.0. The van der Waals surface area contributed by atoms with Gasteiger partial charge in [0.1, 0.15) is 5.82 Å². The SMILES string of the molecule is CC(C(=O)NN)C(C)N(C)Cc1ccc(F)cc1. The van der Waals surface area contributed by atoms with Crippen molar-refractivity contribution in [3.05, 3.63) is 35.6 Å². The Bertz CT molecular complexity index is 394. The summed E-state index contributed by atoms with van der Waals surface area (Å²) < 4.78 is 12.8. The van der Waals surface area contributed by atoms with E-state index in [2.05, 4.69) is 5.43 Å². The van der Waals surface area contributed by atoms with Crippen molar-refractivity contribution in [3.8, 4) is 0 Å². The lowest BCUT2D eigenvalue weighted by Gasteiger charge is -2.28. The molecular weight excluding hydrogens is 233 g/mol. The van der Waals surface area contributed by atoms with Gasteiger partial charge in [0.2, 0.25) is 5.91 Å². The van der Waals surface area contributed by atoms with E-state index in [1.807, 2.05) is 25.8 Å². The first kappa shape index (κ1) is 14.6. The van der Waals surface area contributed by atoms with Gasteiger partial charge < -0.3 is 0 Å². The van der Waals surface area contributed by atoms with Crippen LogP contribution in [0.1, 0.15) is 19.4 Å². The zero-order valence-electron chi connectivity index (χ0n) is 11.0. The van der Waals surface area contributed by atoms with Gasteiger partial charge in [0.25, 0.3) is 0 Å². The third-order valence-corrected chi connectivity index (χ3v) is 3.32. The van der Waals surface area contributed by atoms with Gasteiger partial charge in [-0.15, -0.1) is 0 Å². The monoisotopic (exact) mass is 253 g/mol. The summed E-state index contributed by atoms with van der Waals surface area (Å²) in [5, 5.41) is 0. The van der Waals surface area contributed by atoms with Gasteiger partial charge in [-0.05, 0) is 31.7 Å². The highest BCUT2D eigenvalue weighted by Gasteiger charge is 2.22. The van der Waals surface area contributed by atoms with E-state index in [0.29, 0.717) is 6.54 Å². The van der Waals surface area contributed by atoms with Crippen molar-refractivity contribution in [2.45, 2.75) is 26.4 Å². The molecule has 0 saturated carbocycles. The number of carbonyl (C=O) groups is 1. The van der Waals surface area contributed by atoms with E-state index in [9.17, 15) is 9.18 Å². The van der Waals surface area contributed by atoms with Crippen LogP contribution in [0.5, 0.6) is 0 Å². The number of hydrogen-bond donors (Lipinski definition) is 2. The molecule has 0 fully saturated rings. The normalized spacial score (nSPS) is 14.3. The topological polar surface area (TPSA) is 58.4 Å². The van der Waals surface area contributed by atoms with Gasteiger partial charge >= 0.3 is 0 Å². The van der Waals surface area contributed by atoms with E-state index in [1.54, 1.807) is 12.1 Å². The van der Waals surface area contributed by atoms with Gasteiger partial charge in [-0.1, -0.05) is 19.1 Å². The lowest BCUT2D eigenvalue weighted by Crippen LogP contribution is -2.44. The van der Waals surface area contributed by atoms with E-state index in [-0.39, 0.29) is 23.7 Å². The Morgan fingerprint density at radius 1 is 1.39 bits per heavy atom. The number of halogens is 1. The van der Waals surface area contributed by atoms with Gasteiger partial charge in [0.05, 0.1) is 5.92 Å². The first-order chi connectivity index (χ1) is 8.45. The summed E-state index contributed by atoms with van der Waals surface area (Å²) in [6.45, 7) is 4.45. The molecule has 0 bridgehead atoms. The molecule has 0 aliphatic heterocycles. The Hall–Kier alpha value is -1.46. The molecular formula is C13H20FN3O. The highest BCUT2D eigenvalue weighted by atomic mass is 19.1. The van der Waals surface area contributed by atoms with Crippen LogP contribution in [-0.4, -0.2) is 23.9 Å². The Balaban J connectivity index is 2.61. The first-order valence-electron chi connectivity index (χ1n) is 5.91. The minimum atomic E-state index is -0.245. The molecule has 3 N–H and O–H groups in total. The molecule has 0 aliphatic rings. The van der Waals surface area contributed by atoms with E-state index in [0.717, 1.165) is 5.56 Å². The Morgan fingerprint density at radius 3 is 2.44 bits per heavy atom. The fourth-order valence-corrected chi connectivity index (χ4v) is 1.75. The van der Waals surface area contributed by atoms with Gasteiger partial charge in [0.15, 0.2) is 0 Å². The predicted octanol–water partition coefficient (Wildman–Crippen LogP) is 1.27. The van der Waals surface area contributed by atoms with E-state index < -0.39 is 0 Å². The van der Waals surface area contributed by atoms with Crippen molar-refractivity contribution in [3.63, 3.8) is 0 Å². The van der Waals surface area contributed by atoms with Crippen LogP contribution in [0.15, 0.2) is 24.3 Å². The summed E-state index contributed by atoms with van der Waals surface area (Å²) in [6.07, 6.45) is 0. The van der Waals surface area contributed by atoms with Crippen molar-refractivity contribution < 1.29 is 9.18 Å². The quantitative estimate of drug-likeness (QED) is 0.472. The average molecular weight is 253 g/mol. The largest absolute Gasteiger partial charge is 0.299 e. The van der Waals surface area contributed by atoms with E-state index in [1.165, 1.54) is 12.1 Å². The molecule has 4 nitrogen and oxygen atoms in total. The van der Waals surface area contributed by atoms with Gasteiger partial charge in [0, 0.05) is 12.6 Å².